The lowest BCUT2D eigenvalue weighted by atomic mass is 9.93. The van der Waals surface area contributed by atoms with Crippen molar-refractivity contribution in [1.29, 1.82) is 0 Å². The maximum Gasteiger partial charge on any atom is 0.321 e. The zero-order chi connectivity index (χ0) is 14.7. The predicted molar refractivity (Wildman–Crippen MR) is 72.1 cm³/mol. The third-order valence-corrected chi connectivity index (χ3v) is 3.74. The van der Waals surface area contributed by atoms with Gasteiger partial charge in [-0.15, -0.1) is 10.2 Å². The number of anilines is 1. The Hall–Kier alpha value is -2.03. The molecule has 2 rings (SSSR count). The number of nitrogens with zero attached hydrogens (tertiary/aromatic N) is 2. The van der Waals surface area contributed by atoms with Gasteiger partial charge in [-0.1, -0.05) is 11.3 Å². The molecule has 1 aliphatic heterocycles. The lowest BCUT2D eigenvalue weighted by molar-refractivity contribution is -0.126. The van der Waals surface area contributed by atoms with E-state index in [9.17, 15) is 14.4 Å². The molecule has 1 aromatic heterocycles. The SMILES string of the molecule is Cc1nnc(NC(=O)CCC2C(=O)NC(=O)NC2C)s1. The quantitative estimate of drug-likeness (QED) is 0.745. The summed E-state index contributed by atoms with van der Waals surface area (Å²) in [4.78, 5) is 34.5. The number of aromatic nitrogens is 2. The Morgan fingerprint density at radius 3 is 2.75 bits per heavy atom. The van der Waals surface area contributed by atoms with Gasteiger partial charge in [-0.25, -0.2) is 4.79 Å². The lowest BCUT2D eigenvalue weighted by Gasteiger charge is -2.28. The van der Waals surface area contributed by atoms with E-state index in [2.05, 4.69) is 26.1 Å². The highest BCUT2D eigenvalue weighted by Gasteiger charge is 2.32. The average molecular weight is 297 g/mol. The number of urea groups is 1. The molecule has 0 spiro atoms. The highest BCUT2D eigenvalue weighted by Crippen LogP contribution is 2.17. The number of imide groups is 1. The molecular formula is C11H15N5O3S. The topological polar surface area (TPSA) is 113 Å². The standard InChI is InChI=1S/C11H15N5O3S/c1-5-7(9(18)14-10(19)12-5)3-4-8(17)13-11-16-15-6(2)20-11/h5,7H,3-4H2,1-2H3,(H,13,16,17)(H2,12,14,18,19). The summed E-state index contributed by atoms with van der Waals surface area (Å²) in [5.41, 5.74) is 0. The first-order valence-electron chi connectivity index (χ1n) is 6.17. The summed E-state index contributed by atoms with van der Waals surface area (Å²) in [6.07, 6.45) is 0.536. The molecule has 1 saturated heterocycles. The Morgan fingerprint density at radius 2 is 2.15 bits per heavy atom. The van der Waals surface area contributed by atoms with Gasteiger partial charge in [-0.2, -0.15) is 0 Å². The molecule has 9 heteroatoms. The van der Waals surface area contributed by atoms with Gasteiger partial charge in [0.25, 0.3) is 0 Å². The van der Waals surface area contributed by atoms with Crippen LogP contribution in [0.15, 0.2) is 0 Å². The van der Waals surface area contributed by atoms with Crippen molar-refractivity contribution in [3.05, 3.63) is 5.01 Å². The van der Waals surface area contributed by atoms with E-state index in [1.54, 1.807) is 13.8 Å². The summed E-state index contributed by atoms with van der Waals surface area (Å²) in [6, 6.07) is -0.777. The minimum atomic E-state index is -0.493. The van der Waals surface area contributed by atoms with Gasteiger partial charge < -0.3 is 10.6 Å². The second-order valence-electron chi connectivity index (χ2n) is 4.57. The molecule has 2 heterocycles. The maximum atomic E-state index is 11.8. The lowest BCUT2D eigenvalue weighted by Crippen LogP contribution is -2.57. The van der Waals surface area contributed by atoms with E-state index in [1.165, 1.54) is 11.3 Å². The van der Waals surface area contributed by atoms with Crippen LogP contribution in [0.3, 0.4) is 0 Å². The molecule has 1 fully saturated rings. The summed E-state index contributed by atoms with van der Waals surface area (Å²) >= 11 is 1.29. The fraction of sp³-hybridized carbons (Fsp3) is 0.545. The first-order valence-corrected chi connectivity index (χ1v) is 6.98. The summed E-state index contributed by atoms with van der Waals surface area (Å²) in [7, 11) is 0. The molecule has 20 heavy (non-hydrogen) atoms. The highest BCUT2D eigenvalue weighted by atomic mass is 32.1. The summed E-state index contributed by atoms with van der Waals surface area (Å²) in [5.74, 6) is -0.978. The van der Waals surface area contributed by atoms with E-state index in [0.29, 0.717) is 11.6 Å². The molecule has 2 unspecified atom stereocenters. The van der Waals surface area contributed by atoms with Crippen molar-refractivity contribution < 1.29 is 14.4 Å². The van der Waals surface area contributed by atoms with Crippen molar-refractivity contribution in [2.75, 3.05) is 5.32 Å². The average Bonchev–Trinajstić information content (AvgIpc) is 2.73. The molecule has 0 radical (unpaired) electrons. The summed E-state index contributed by atoms with van der Waals surface area (Å²) < 4.78 is 0. The van der Waals surface area contributed by atoms with Crippen molar-refractivity contribution in [2.24, 2.45) is 5.92 Å². The number of hydrogen-bond donors (Lipinski definition) is 3. The smallest absolute Gasteiger partial charge is 0.321 e. The van der Waals surface area contributed by atoms with Gasteiger partial charge in [0.15, 0.2) is 0 Å². The second kappa shape index (κ2) is 5.95. The van der Waals surface area contributed by atoms with Crippen molar-refractivity contribution >= 4 is 34.3 Å². The van der Waals surface area contributed by atoms with E-state index >= 15 is 0 Å². The molecule has 0 aromatic carbocycles. The molecule has 0 bridgehead atoms. The van der Waals surface area contributed by atoms with Crippen molar-refractivity contribution in [2.45, 2.75) is 32.7 Å². The second-order valence-corrected chi connectivity index (χ2v) is 5.75. The first kappa shape index (κ1) is 14.4. The van der Waals surface area contributed by atoms with Gasteiger partial charge >= 0.3 is 6.03 Å². The number of hydrogen-bond acceptors (Lipinski definition) is 6. The Bertz CT molecular complexity index is 544. The Kier molecular flexibility index (Phi) is 4.28. The van der Waals surface area contributed by atoms with Crippen LogP contribution >= 0.6 is 11.3 Å². The van der Waals surface area contributed by atoms with Gasteiger partial charge in [0.1, 0.15) is 5.01 Å². The molecule has 108 valence electrons. The maximum absolute atomic E-state index is 11.8. The van der Waals surface area contributed by atoms with Crippen LogP contribution in [0.5, 0.6) is 0 Å². The van der Waals surface area contributed by atoms with Crippen LogP contribution in [-0.2, 0) is 9.59 Å². The molecular weight excluding hydrogens is 282 g/mol. The number of carbonyl (C=O) groups excluding carboxylic acids is 3. The van der Waals surface area contributed by atoms with Crippen LogP contribution in [0.2, 0.25) is 0 Å². The van der Waals surface area contributed by atoms with Crippen molar-refractivity contribution in [3.63, 3.8) is 0 Å². The number of carbonyl (C=O) groups is 3. The highest BCUT2D eigenvalue weighted by molar-refractivity contribution is 7.15. The van der Waals surface area contributed by atoms with Crippen molar-refractivity contribution in [3.8, 4) is 0 Å². The normalized spacial score (nSPS) is 22.1. The molecule has 8 nitrogen and oxygen atoms in total. The van der Waals surface area contributed by atoms with E-state index in [4.69, 9.17) is 0 Å². The molecule has 2 atom stereocenters. The third kappa shape index (κ3) is 3.50. The Balaban J connectivity index is 1.83. The van der Waals surface area contributed by atoms with Crippen LogP contribution in [0, 0.1) is 12.8 Å². The van der Waals surface area contributed by atoms with E-state index in [-0.39, 0.29) is 24.3 Å². The molecule has 0 aliphatic carbocycles. The number of rotatable bonds is 4. The van der Waals surface area contributed by atoms with Crippen LogP contribution in [0.1, 0.15) is 24.8 Å². The van der Waals surface area contributed by atoms with Gasteiger partial charge in [-0.05, 0) is 20.3 Å². The van der Waals surface area contributed by atoms with Crippen LogP contribution < -0.4 is 16.0 Å². The number of aryl methyl sites for hydroxylation is 1. The first-order chi connectivity index (χ1) is 9.45. The Labute approximate surface area is 119 Å². The third-order valence-electron chi connectivity index (χ3n) is 2.99. The van der Waals surface area contributed by atoms with Crippen LogP contribution in [0.25, 0.3) is 0 Å². The van der Waals surface area contributed by atoms with Gasteiger partial charge in [0, 0.05) is 12.5 Å². The van der Waals surface area contributed by atoms with Gasteiger partial charge in [-0.3, -0.25) is 14.9 Å². The molecule has 3 N–H and O–H groups in total. The van der Waals surface area contributed by atoms with Crippen LogP contribution in [-0.4, -0.2) is 34.1 Å². The number of nitrogens with one attached hydrogen (secondary N) is 3. The van der Waals surface area contributed by atoms with E-state index in [0.717, 1.165) is 5.01 Å². The zero-order valence-electron chi connectivity index (χ0n) is 11.1. The molecule has 4 amide bonds. The zero-order valence-corrected chi connectivity index (χ0v) is 11.9. The van der Waals surface area contributed by atoms with Crippen LogP contribution in [0.4, 0.5) is 9.93 Å². The van der Waals surface area contributed by atoms with Gasteiger partial charge in [0.05, 0.1) is 5.92 Å². The molecule has 1 aromatic rings. The summed E-state index contributed by atoms with van der Waals surface area (Å²) in [6.45, 7) is 3.54. The molecule has 1 aliphatic rings. The summed E-state index contributed by atoms with van der Waals surface area (Å²) in [5, 5.41) is 16.2. The van der Waals surface area contributed by atoms with Crippen molar-refractivity contribution in [1.82, 2.24) is 20.8 Å². The van der Waals surface area contributed by atoms with E-state index in [1.807, 2.05) is 0 Å². The predicted octanol–water partition coefficient (Wildman–Crippen LogP) is 0.409. The monoisotopic (exact) mass is 297 g/mol. The minimum absolute atomic E-state index is 0.178. The minimum Gasteiger partial charge on any atom is -0.335 e. The molecule has 0 saturated carbocycles. The number of amides is 4. The largest absolute Gasteiger partial charge is 0.335 e. The Morgan fingerprint density at radius 1 is 1.40 bits per heavy atom. The van der Waals surface area contributed by atoms with E-state index < -0.39 is 11.9 Å². The van der Waals surface area contributed by atoms with Gasteiger partial charge in [0.2, 0.25) is 16.9 Å². The fourth-order valence-corrected chi connectivity index (χ4v) is 2.58. The fourth-order valence-electron chi connectivity index (χ4n) is 1.97.